The van der Waals surface area contributed by atoms with Crippen LogP contribution in [0.5, 0.6) is 5.75 Å². The number of carbonyl (C=O) groups is 1. The summed E-state index contributed by atoms with van der Waals surface area (Å²) in [6.07, 6.45) is 1.31. The molecule has 1 amide bonds. The van der Waals surface area contributed by atoms with E-state index in [1.165, 1.54) is 0 Å². The van der Waals surface area contributed by atoms with Gasteiger partial charge >= 0.3 is 6.09 Å². The molecule has 0 radical (unpaired) electrons. The molecule has 6 heteroatoms. The van der Waals surface area contributed by atoms with E-state index in [4.69, 9.17) is 14.2 Å². The molecule has 1 fully saturated rings. The largest absolute Gasteiger partial charge is 0.493 e. The number of hydrogen-bond donors (Lipinski definition) is 2. The molecule has 1 atom stereocenters. The maximum Gasteiger partial charge on any atom is 0.407 e. The van der Waals surface area contributed by atoms with Crippen LogP contribution in [0.4, 0.5) is 4.79 Å². The van der Waals surface area contributed by atoms with Crippen LogP contribution in [0.2, 0.25) is 0 Å². The molecule has 0 spiro atoms. The Morgan fingerprint density at radius 2 is 2.08 bits per heavy atom. The van der Waals surface area contributed by atoms with Gasteiger partial charge in [-0.1, -0.05) is 12.1 Å². The third-order valence-corrected chi connectivity index (χ3v) is 4.16. The van der Waals surface area contributed by atoms with Crippen molar-refractivity contribution < 1.29 is 24.1 Å². The fourth-order valence-corrected chi connectivity index (χ4v) is 2.73. The van der Waals surface area contributed by atoms with Crippen LogP contribution in [-0.4, -0.2) is 43.2 Å². The highest BCUT2D eigenvalue weighted by Gasteiger charge is 2.17. The Morgan fingerprint density at radius 3 is 2.77 bits per heavy atom. The van der Waals surface area contributed by atoms with Crippen LogP contribution in [0, 0.1) is 5.92 Å². The van der Waals surface area contributed by atoms with Gasteiger partial charge in [-0.05, 0) is 63.6 Å². The predicted molar refractivity (Wildman–Crippen MR) is 99.3 cm³/mol. The van der Waals surface area contributed by atoms with E-state index in [2.05, 4.69) is 5.32 Å². The summed E-state index contributed by atoms with van der Waals surface area (Å²) in [5.41, 5.74) is 0.249. The lowest BCUT2D eigenvalue weighted by Crippen LogP contribution is -2.33. The Kier molecular flexibility index (Phi) is 7.72. The van der Waals surface area contributed by atoms with Gasteiger partial charge in [0.25, 0.3) is 0 Å². The first-order chi connectivity index (χ1) is 12.3. The number of aliphatic hydroxyl groups is 1. The van der Waals surface area contributed by atoms with Crippen LogP contribution >= 0.6 is 0 Å². The van der Waals surface area contributed by atoms with Crippen molar-refractivity contribution >= 4 is 6.09 Å². The molecule has 1 heterocycles. The monoisotopic (exact) mass is 365 g/mol. The van der Waals surface area contributed by atoms with E-state index in [1.807, 2.05) is 45.0 Å². The molecule has 0 saturated carbocycles. The first kappa shape index (κ1) is 20.5. The van der Waals surface area contributed by atoms with E-state index >= 15 is 0 Å². The van der Waals surface area contributed by atoms with Crippen LogP contribution in [0.3, 0.4) is 0 Å². The number of carbonyl (C=O) groups excluding carboxylic acids is 1. The van der Waals surface area contributed by atoms with Crippen molar-refractivity contribution in [3.8, 4) is 5.75 Å². The van der Waals surface area contributed by atoms with Crippen molar-refractivity contribution in [1.82, 2.24) is 5.32 Å². The van der Waals surface area contributed by atoms with Crippen LogP contribution < -0.4 is 10.1 Å². The van der Waals surface area contributed by atoms with Gasteiger partial charge in [0.15, 0.2) is 0 Å². The van der Waals surface area contributed by atoms with Gasteiger partial charge in [-0.15, -0.1) is 0 Å². The zero-order chi connectivity index (χ0) is 19.0. The van der Waals surface area contributed by atoms with Crippen LogP contribution in [0.15, 0.2) is 24.3 Å². The van der Waals surface area contributed by atoms with E-state index in [0.29, 0.717) is 25.5 Å². The van der Waals surface area contributed by atoms with Gasteiger partial charge in [0, 0.05) is 19.8 Å². The Balaban J connectivity index is 1.76. The van der Waals surface area contributed by atoms with Crippen molar-refractivity contribution in [2.75, 3.05) is 26.4 Å². The van der Waals surface area contributed by atoms with Gasteiger partial charge in [-0.2, -0.15) is 0 Å². The summed E-state index contributed by atoms with van der Waals surface area (Å²) >= 11 is 0. The minimum Gasteiger partial charge on any atom is -0.493 e. The minimum absolute atomic E-state index is 0.337. The molecule has 1 aromatic carbocycles. The number of alkyl carbamates (subject to hydrolysis) is 1. The van der Waals surface area contributed by atoms with E-state index in [-0.39, 0.29) is 0 Å². The molecule has 0 aliphatic carbocycles. The summed E-state index contributed by atoms with van der Waals surface area (Å²) in [7, 11) is 0. The maximum atomic E-state index is 11.6. The first-order valence-corrected chi connectivity index (χ1v) is 9.29. The number of benzene rings is 1. The summed E-state index contributed by atoms with van der Waals surface area (Å²) < 4.78 is 16.4. The molecule has 6 nitrogen and oxygen atoms in total. The second-order valence-corrected chi connectivity index (χ2v) is 7.67. The molecule has 146 valence electrons. The zero-order valence-corrected chi connectivity index (χ0v) is 16.0. The topological polar surface area (TPSA) is 77.0 Å². The fourth-order valence-electron chi connectivity index (χ4n) is 2.73. The average Bonchev–Trinajstić information content (AvgIpc) is 2.59. The van der Waals surface area contributed by atoms with Crippen LogP contribution in [-0.2, 0) is 9.47 Å². The lowest BCUT2D eigenvalue weighted by molar-refractivity contribution is 0.0497. The molecule has 26 heavy (non-hydrogen) atoms. The first-order valence-electron chi connectivity index (χ1n) is 9.29. The number of rotatable bonds is 7. The number of aliphatic hydroxyl groups excluding tert-OH is 1. The van der Waals surface area contributed by atoms with Crippen molar-refractivity contribution in [2.24, 2.45) is 5.92 Å². The molecule has 1 aliphatic rings. The Morgan fingerprint density at radius 1 is 1.35 bits per heavy atom. The van der Waals surface area contributed by atoms with Crippen molar-refractivity contribution in [2.45, 2.75) is 51.7 Å². The maximum absolute atomic E-state index is 11.6. The lowest BCUT2D eigenvalue weighted by atomic mass is 10.0. The summed E-state index contributed by atoms with van der Waals surface area (Å²) in [5, 5.41) is 13.0. The second kappa shape index (κ2) is 9.78. The molecule has 2 rings (SSSR count). The van der Waals surface area contributed by atoms with Gasteiger partial charge < -0.3 is 24.6 Å². The molecule has 2 N–H and O–H groups in total. The molecular weight excluding hydrogens is 334 g/mol. The standard InChI is InChI=1S/C20H31NO5/c1-20(2,3)26-19(23)21-10-7-18(22)16-5-4-6-17(13-16)25-14-15-8-11-24-12-9-15/h4-6,13,15,18,22H,7-12,14H2,1-3H3,(H,21,23)/t18-/m1/s1. The number of ether oxygens (including phenoxy) is 3. The van der Waals surface area contributed by atoms with Gasteiger partial charge in [0.1, 0.15) is 11.4 Å². The number of hydrogen-bond acceptors (Lipinski definition) is 5. The number of nitrogens with one attached hydrogen (secondary N) is 1. The van der Waals surface area contributed by atoms with E-state index in [9.17, 15) is 9.90 Å². The second-order valence-electron chi connectivity index (χ2n) is 7.67. The number of amides is 1. The van der Waals surface area contributed by atoms with Gasteiger partial charge in [-0.25, -0.2) is 4.79 Å². The molecule has 1 saturated heterocycles. The molecule has 1 aliphatic heterocycles. The summed E-state index contributed by atoms with van der Waals surface area (Å²) in [4.78, 5) is 11.6. The van der Waals surface area contributed by atoms with Crippen molar-refractivity contribution in [3.63, 3.8) is 0 Å². The van der Waals surface area contributed by atoms with Crippen LogP contribution in [0.1, 0.15) is 51.7 Å². The zero-order valence-electron chi connectivity index (χ0n) is 16.0. The molecule has 1 aromatic rings. The Labute approximate surface area is 155 Å². The highest BCUT2D eigenvalue weighted by molar-refractivity contribution is 5.67. The highest BCUT2D eigenvalue weighted by atomic mass is 16.6. The smallest absolute Gasteiger partial charge is 0.407 e. The van der Waals surface area contributed by atoms with E-state index in [0.717, 1.165) is 37.4 Å². The van der Waals surface area contributed by atoms with Crippen molar-refractivity contribution in [3.05, 3.63) is 29.8 Å². The molecule has 0 aromatic heterocycles. The molecular formula is C20H31NO5. The van der Waals surface area contributed by atoms with E-state index in [1.54, 1.807) is 0 Å². The lowest BCUT2D eigenvalue weighted by Gasteiger charge is -2.22. The third kappa shape index (κ3) is 7.62. The minimum atomic E-state index is -0.670. The van der Waals surface area contributed by atoms with Gasteiger partial charge in [0.2, 0.25) is 0 Å². The summed E-state index contributed by atoms with van der Waals surface area (Å²) in [6, 6.07) is 7.49. The Hall–Kier alpha value is -1.79. The average molecular weight is 365 g/mol. The SMILES string of the molecule is CC(C)(C)OC(=O)NCC[C@@H](O)c1cccc(OCC2CCOCC2)c1. The summed E-state index contributed by atoms with van der Waals surface area (Å²) in [6.45, 7) is 8.05. The van der Waals surface area contributed by atoms with Gasteiger partial charge in [-0.3, -0.25) is 0 Å². The van der Waals surface area contributed by atoms with E-state index < -0.39 is 17.8 Å². The molecule has 0 bridgehead atoms. The predicted octanol–water partition coefficient (Wildman–Crippen LogP) is 3.44. The van der Waals surface area contributed by atoms with Crippen LogP contribution in [0.25, 0.3) is 0 Å². The molecule has 0 unspecified atom stereocenters. The quantitative estimate of drug-likeness (QED) is 0.774. The highest BCUT2D eigenvalue weighted by Crippen LogP contribution is 2.23. The van der Waals surface area contributed by atoms with Crippen molar-refractivity contribution in [1.29, 1.82) is 0 Å². The third-order valence-electron chi connectivity index (χ3n) is 4.16. The fraction of sp³-hybridized carbons (Fsp3) is 0.650. The van der Waals surface area contributed by atoms with Gasteiger partial charge in [0.05, 0.1) is 12.7 Å². The Bertz CT molecular complexity index is 564. The summed E-state index contributed by atoms with van der Waals surface area (Å²) in [5.74, 6) is 1.28. The normalized spacial score (nSPS) is 16.8.